The molecule has 0 amide bonds. The highest BCUT2D eigenvalue weighted by molar-refractivity contribution is 9.10. The first kappa shape index (κ1) is 14.5. The summed E-state index contributed by atoms with van der Waals surface area (Å²) in [6, 6.07) is 5.88. The highest BCUT2D eigenvalue weighted by Gasteiger charge is 2.05. The monoisotopic (exact) mass is 301 g/mol. The second-order valence-electron chi connectivity index (χ2n) is 3.93. The molecule has 0 fully saturated rings. The fraction of sp³-hybridized carbons (Fsp3) is 0.538. The fourth-order valence-electron chi connectivity index (χ4n) is 1.43. The van der Waals surface area contributed by atoms with Crippen LogP contribution in [0.3, 0.4) is 0 Å². The van der Waals surface area contributed by atoms with E-state index in [4.69, 9.17) is 15.2 Å². The molecule has 96 valence electrons. The number of rotatable bonds is 7. The first-order valence-electron chi connectivity index (χ1n) is 5.90. The van der Waals surface area contributed by atoms with Gasteiger partial charge in [-0.25, -0.2) is 0 Å². The quantitative estimate of drug-likeness (QED) is 0.786. The lowest BCUT2D eigenvalue weighted by Crippen LogP contribution is -2.08. The molecule has 2 N–H and O–H groups in total. The minimum absolute atomic E-state index is 0.0197. The van der Waals surface area contributed by atoms with Crippen molar-refractivity contribution in [3.8, 4) is 5.75 Å². The molecule has 1 aromatic carbocycles. The maximum Gasteiger partial charge on any atom is 0.120 e. The smallest absolute Gasteiger partial charge is 0.120 e. The zero-order valence-electron chi connectivity index (χ0n) is 10.4. The Labute approximate surface area is 111 Å². The molecule has 0 unspecified atom stereocenters. The Balaban J connectivity index is 2.42. The van der Waals surface area contributed by atoms with Gasteiger partial charge in [0.15, 0.2) is 0 Å². The third-order valence-corrected chi connectivity index (χ3v) is 2.99. The molecule has 0 spiro atoms. The predicted molar refractivity (Wildman–Crippen MR) is 73.3 cm³/mol. The molecular weight excluding hydrogens is 282 g/mol. The van der Waals surface area contributed by atoms with Crippen molar-refractivity contribution in [2.24, 2.45) is 5.73 Å². The van der Waals surface area contributed by atoms with E-state index in [0.717, 1.165) is 28.8 Å². The van der Waals surface area contributed by atoms with Gasteiger partial charge in [-0.15, -0.1) is 0 Å². The van der Waals surface area contributed by atoms with Crippen LogP contribution >= 0.6 is 15.9 Å². The fourth-order valence-corrected chi connectivity index (χ4v) is 2.15. The first-order chi connectivity index (χ1) is 8.15. The summed E-state index contributed by atoms with van der Waals surface area (Å²) in [5.74, 6) is 0.835. The molecule has 0 aliphatic carbocycles. The molecule has 0 bridgehead atoms. The minimum atomic E-state index is 0.0197. The summed E-state index contributed by atoms with van der Waals surface area (Å²) in [5, 5.41) is 0. The SMILES string of the molecule is CCCOCCOc1ccc([C@@H](C)N)c(Br)c1. The van der Waals surface area contributed by atoms with E-state index < -0.39 is 0 Å². The maximum absolute atomic E-state index is 5.83. The van der Waals surface area contributed by atoms with E-state index in [1.807, 2.05) is 25.1 Å². The van der Waals surface area contributed by atoms with Gasteiger partial charge in [0.1, 0.15) is 12.4 Å². The zero-order valence-corrected chi connectivity index (χ0v) is 12.0. The molecule has 0 aliphatic heterocycles. The van der Waals surface area contributed by atoms with Crippen LogP contribution in [0.1, 0.15) is 31.9 Å². The molecule has 1 atom stereocenters. The number of halogens is 1. The summed E-state index contributed by atoms with van der Waals surface area (Å²) >= 11 is 3.49. The van der Waals surface area contributed by atoms with Gasteiger partial charge in [-0.3, -0.25) is 0 Å². The van der Waals surface area contributed by atoms with Gasteiger partial charge in [0, 0.05) is 17.1 Å². The highest BCUT2D eigenvalue weighted by atomic mass is 79.9. The van der Waals surface area contributed by atoms with Crippen LogP contribution in [0.5, 0.6) is 5.75 Å². The molecule has 0 heterocycles. The lowest BCUT2D eigenvalue weighted by Gasteiger charge is -2.11. The van der Waals surface area contributed by atoms with Crippen molar-refractivity contribution in [2.75, 3.05) is 19.8 Å². The average Bonchev–Trinajstić information content (AvgIpc) is 2.28. The molecule has 0 aliphatic rings. The Bertz CT molecular complexity index is 342. The minimum Gasteiger partial charge on any atom is -0.491 e. The van der Waals surface area contributed by atoms with Crippen molar-refractivity contribution >= 4 is 15.9 Å². The second-order valence-corrected chi connectivity index (χ2v) is 4.79. The van der Waals surface area contributed by atoms with Crippen LogP contribution in [0.25, 0.3) is 0 Å². The molecule has 0 saturated carbocycles. The summed E-state index contributed by atoms with van der Waals surface area (Å²) in [4.78, 5) is 0. The van der Waals surface area contributed by atoms with E-state index in [1.54, 1.807) is 0 Å². The van der Waals surface area contributed by atoms with Crippen LogP contribution in [0.15, 0.2) is 22.7 Å². The van der Waals surface area contributed by atoms with Crippen molar-refractivity contribution in [3.63, 3.8) is 0 Å². The summed E-state index contributed by atoms with van der Waals surface area (Å²) in [5.41, 5.74) is 6.91. The molecule has 0 saturated heterocycles. The van der Waals surface area contributed by atoms with Gasteiger partial charge < -0.3 is 15.2 Å². The summed E-state index contributed by atoms with van der Waals surface area (Å²) in [6.07, 6.45) is 1.04. The lowest BCUT2D eigenvalue weighted by molar-refractivity contribution is 0.101. The van der Waals surface area contributed by atoms with Gasteiger partial charge in [-0.05, 0) is 31.0 Å². The Morgan fingerprint density at radius 3 is 2.65 bits per heavy atom. The van der Waals surface area contributed by atoms with Crippen LogP contribution in [0.4, 0.5) is 0 Å². The van der Waals surface area contributed by atoms with Crippen molar-refractivity contribution in [3.05, 3.63) is 28.2 Å². The maximum atomic E-state index is 5.83. The van der Waals surface area contributed by atoms with E-state index in [-0.39, 0.29) is 6.04 Å². The second kappa shape index (κ2) is 7.69. The normalized spacial score (nSPS) is 12.5. The molecular formula is C13H20BrNO2. The van der Waals surface area contributed by atoms with Gasteiger partial charge in [0.25, 0.3) is 0 Å². The standard InChI is InChI=1S/C13H20BrNO2/c1-3-6-16-7-8-17-11-4-5-12(10(2)15)13(14)9-11/h4-5,9-10H,3,6-8,15H2,1-2H3/t10-/m1/s1. The number of ether oxygens (including phenoxy) is 2. The van der Waals surface area contributed by atoms with Crippen molar-refractivity contribution < 1.29 is 9.47 Å². The number of hydrogen-bond donors (Lipinski definition) is 1. The van der Waals surface area contributed by atoms with Crippen LogP contribution in [0.2, 0.25) is 0 Å². The number of nitrogens with two attached hydrogens (primary N) is 1. The van der Waals surface area contributed by atoms with Gasteiger partial charge in [0.2, 0.25) is 0 Å². The molecule has 17 heavy (non-hydrogen) atoms. The highest BCUT2D eigenvalue weighted by Crippen LogP contribution is 2.26. The van der Waals surface area contributed by atoms with Crippen molar-refractivity contribution in [1.82, 2.24) is 0 Å². The number of hydrogen-bond acceptors (Lipinski definition) is 3. The molecule has 1 aromatic rings. The molecule has 1 rings (SSSR count). The lowest BCUT2D eigenvalue weighted by atomic mass is 10.1. The van der Waals surface area contributed by atoms with Gasteiger partial charge >= 0.3 is 0 Å². The largest absolute Gasteiger partial charge is 0.491 e. The van der Waals surface area contributed by atoms with Crippen LogP contribution in [0, 0.1) is 0 Å². The van der Waals surface area contributed by atoms with E-state index in [2.05, 4.69) is 22.9 Å². The van der Waals surface area contributed by atoms with Crippen LogP contribution in [-0.4, -0.2) is 19.8 Å². The third-order valence-electron chi connectivity index (χ3n) is 2.31. The van der Waals surface area contributed by atoms with Crippen molar-refractivity contribution in [2.45, 2.75) is 26.3 Å². The molecule has 0 radical (unpaired) electrons. The summed E-state index contributed by atoms with van der Waals surface area (Å²) in [7, 11) is 0. The Morgan fingerprint density at radius 1 is 1.29 bits per heavy atom. The Hall–Kier alpha value is -0.580. The van der Waals surface area contributed by atoms with E-state index in [0.29, 0.717) is 13.2 Å². The van der Waals surface area contributed by atoms with Crippen molar-refractivity contribution in [1.29, 1.82) is 0 Å². The van der Waals surface area contributed by atoms with Crippen LogP contribution < -0.4 is 10.5 Å². The predicted octanol–water partition coefficient (Wildman–Crippen LogP) is 3.27. The summed E-state index contributed by atoms with van der Waals surface area (Å²) < 4.78 is 11.9. The van der Waals surface area contributed by atoms with Gasteiger partial charge in [-0.1, -0.05) is 28.9 Å². The molecule has 3 nitrogen and oxygen atoms in total. The summed E-state index contributed by atoms with van der Waals surface area (Å²) in [6.45, 7) is 6.03. The molecule has 4 heteroatoms. The van der Waals surface area contributed by atoms with Gasteiger partial charge in [0.05, 0.1) is 6.61 Å². The number of benzene rings is 1. The van der Waals surface area contributed by atoms with E-state index in [1.165, 1.54) is 0 Å². The Morgan fingerprint density at radius 2 is 2.06 bits per heavy atom. The topological polar surface area (TPSA) is 44.5 Å². The van der Waals surface area contributed by atoms with Crippen LogP contribution in [-0.2, 0) is 4.74 Å². The average molecular weight is 302 g/mol. The van der Waals surface area contributed by atoms with E-state index in [9.17, 15) is 0 Å². The Kier molecular flexibility index (Phi) is 6.55. The zero-order chi connectivity index (χ0) is 12.7. The van der Waals surface area contributed by atoms with E-state index >= 15 is 0 Å². The molecule has 0 aromatic heterocycles. The van der Waals surface area contributed by atoms with Gasteiger partial charge in [-0.2, -0.15) is 0 Å². The third kappa shape index (κ3) is 5.06. The first-order valence-corrected chi connectivity index (χ1v) is 6.70.